The van der Waals surface area contributed by atoms with Crippen molar-refractivity contribution in [2.45, 2.75) is 32.6 Å². The maximum Gasteiger partial charge on any atom is 0.156 e. The van der Waals surface area contributed by atoms with E-state index in [-0.39, 0.29) is 0 Å². The SMILES string of the molecule is Cc1cc(Cl)c(OCCCN2CCCCC2)c(Cl)c1. The molecule has 4 heteroatoms. The summed E-state index contributed by atoms with van der Waals surface area (Å²) in [5, 5.41) is 1.20. The van der Waals surface area contributed by atoms with Crippen LogP contribution in [-0.4, -0.2) is 31.1 Å². The molecule has 0 N–H and O–H groups in total. The Morgan fingerprint density at radius 3 is 2.37 bits per heavy atom. The van der Waals surface area contributed by atoms with E-state index < -0.39 is 0 Å². The fraction of sp³-hybridized carbons (Fsp3) is 0.600. The van der Waals surface area contributed by atoms with Crippen molar-refractivity contribution in [1.82, 2.24) is 4.90 Å². The topological polar surface area (TPSA) is 12.5 Å². The second kappa shape index (κ2) is 7.37. The third-order valence-corrected chi connectivity index (χ3v) is 4.02. The normalized spacial score (nSPS) is 16.6. The van der Waals surface area contributed by atoms with Crippen LogP contribution in [0, 0.1) is 6.92 Å². The van der Waals surface area contributed by atoms with E-state index in [1.807, 2.05) is 19.1 Å². The number of aryl methyl sites for hydroxylation is 1. The van der Waals surface area contributed by atoms with Gasteiger partial charge in [-0.3, -0.25) is 0 Å². The Balaban J connectivity index is 1.76. The molecule has 0 saturated carbocycles. The molecule has 1 saturated heterocycles. The molecule has 1 aromatic carbocycles. The van der Waals surface area contributed by atoms with Crippen LogP contribution in [0.1, 0.15) is 31.2 Å². The van der Waals surface area contributed by atoms with E-state index in [1.54, 1.807) is 0 Å². The number of halogens is 2. The van der Waals surface area contributed by atoms with E-state index in [9.17, 15) is 0 Å². The van der Waals surface area contributed by atoms with Crippen molar-refractivity contribution in [3.63, 3.8) is 0 Å². The predicted octanol–water partition coefficient (Wildman–Crippen LogP) is 4.56. The molecule has 1 heterocycles. The zero-order chi connectivity index (χ0) is 13.7. The summed E-state index contributed by atoms with van der Waals surface area (Å²) in [6.07, 6.45) is 5.05. The van der Waals surface area contributed by atoms with Crippen LogP contribution in [0.25, 0.3) is 0 Å². The highest BCUT2D eigenvalue weighted by Crippen LogP contribution is 2.34. The minimum Gasteiger partial charge on any atom is -0.490 e. The molecule has 2 rings (SSSR count). The first kappa shape index (κ1) is 15.0. The van der Waals surface area contributed by atoms with Crippen LogP contribution in [0.5, 0.6) is 5.75 Å². The molecule has 19 heavy (non-hydrogen) atoms. The van der Waals surface area contributed by atoms with Gasteiger partial charge in [-0.1, -0.05) is 29.6 Å². The number of likely N-dealkylation sites (tertiary alicyclic amines) is 1. The fourth-order valence-electron chi connectivity index (χ4n) is 2.47. The minimum atomic E-state index is 0.600. The lowest BCUT2D eigenvalue weighted by atomic mass is 10.1. The van der Waals surface area contributed by atoms with E-state index in [2.05, 4.69) is 4.90 Å². The molecular weight excluding hydrogens is 281 g/mol. The molecule has 1 fully saturated rings. The summed E-state index contributed by atoms with van der Waals surface area (Å²) < 4.78 is 5.72. The Morgan fingerprint density at radius 1 is 1.11 bits per heavy atom. The molecule has 0 atom stereocenters. The average Bonchev–Trinajstić information content (AvgIpc) is 2.38. The second-order valence-corrected chi connectivity index (χ2v) is 5.98. The van der Waals surface area contributed by atoms with Gasteiger partial charge >= 0.3 is 0 Å². The van der Waals surface area contributed by atoms with Gasteiger partial charge in [-0.15, -0.1) is 0 Å². The number of nitrogens with zero attached hydrogens (tertiary/aromatic N) is 1. The summed E-state index contributed by atoms with van der Waals surface area (Å²) in [5.74, 6) is 0.618. The zero-order valence-corrected chi connectivity index (χ0v) is 12.9. The molecule has 1 aliphatic rings. The van der Waals surface area contributed by atoms with Gasteiger partial charge in [0.2, 0.25) is 0 Å². The first-order valence-electron chi connectivity index (χ1n) is 6.97. The smallest absolute Gasteiger partial charge is 0.156 e. The number of hydrogen-bond donors (Lipinski definition) is 0. The summed E-state index contributed by atoms with van der Waals surface area (Å²) in [7, 11) is 0. The number of hydrogen-bond acceptors (Lipinski definition) is 2. The number of rotatable bonds is 5. The fourth-order valence-corrected chi connectivity index (χ4v) is 3.18. The number of ether oxygens (including phenoxy) is 1. The maximum absolute atomic E-state index is 6.14. The summed E-state index contributed by atoms with van der Waals surface area (Å²) in [5.41, 5.74) is 1.05. The third-order valence-electron chi connectivity index (χ3n) is 3.46. The highest BCUT2D eigenvalue weighted by molar-refractivity contribution is 6.37. The van der Waals surface area contributed by atoms with Gasteiger partial charge in [0.25, 0.3) is 0 Å². The van der Waals surface area contributed by atoms with Gasteiger partial charge < -0.3 is 9.64 Å². The first-order chi connectivity index (χ1) is 9.16. The van der Waals surface area contributed by atoms with Gasteiger partial charge in [0.05, 0.1) is 16.7 Å². The van der Waals surface area contributed by atoms with Crippen LogP contribution in [0.15, 0.2) is 12.1 Å². The zero-order valence-electron chi connectivity index (χ0n) is 11.4. The quantitative estimate of drug-likeness (QED) is 0.739. The van der Waals surface area contributed by atoms with Crippen LogP contribution in [-0.2, 0) is 0 Å². The van der Waals surface area contributed by atoms with Crippen molar-refractivity contribution in [2.24, 2.45) is 0 Å². The molecule has 0 amide bonds. The van der Waals surface area contributed by atoms with E-state index >= 15 is 0 Å². The molecule has 0 bridgehead atoms. The van der Waals surface area contributed by atoms with Crippen molar-refractivity contribution < 1.29 is 4.74 Å². The van der Waals surface area contributed by atoms with Crippen molar-refractivity contribution in [1.29, 1.82) is 0 Å². The Bertz CT molecular complexity index is 394. The summed E-state index contributed by atoms with van der Waals surface area (Å²) >= 11 is 12.3. The lowest BCUT2D eigenvalue weighted by Gasteiger charge is -2.26. The maximum atomic E-state index is 6.14. The van der Waals surface area contributed by atoms with Crippen LogP contribution < -0.4 is 4.74 Å². The first-order valence-corrected chi connectivity index (χ1v) is 7.73. The van der Waals surface area contributed by atoms with Crippen molar-refractivity contribution in [3.05, 3.63) is 27.7 Å². The predicted molar refractivity (Wildman–Crippen MR) is 81.6 cm³/mol. The van der Waals surface area contributed by atoms with Gasteiger partial charge in [-0.05, 0) is 57.0 Å². The van der Waals surface area contributed by atoms with Crippen molar-refractivity contribution in [2.75, 3.05) is 26.2 Å². The van der Waals surface area contributed by atoms with Crippen LogP contribution in [0.3, 0.4) is 0 Å². The molecule has 0 aromatic heterocycles. The van der Waals surface area contributed by atoms with E-state index in [1.165, 1.54) is 32.4 Å². The standard InChI is InChI=1S/C15H21Cl2NO/c1-12-10-13(16)15(14(17)11-12)19-9-5-8-18-6-3-2-4-7-18/h10-11H,2-9H2,1H3. The van der Waals surface area contributed by atoms with Gasteiger partial charge in [0.15, 0.2) is 5.75 Å². The average molecular weight is 302 g/mol. The van der Waals surface area contributed by atoms with Gasteiger partial charge in [-0.2, -0.15) is 0 Å². The van der Waals surface area contributed by atoms with Gasteiger partial charge in [-0.25, -0.2) is 0 Å². The highest BCUT2D eigenvalue weighted by Gasteiger charge is 2.11. The molecule has 2 nitrogen and oxygen atoms in total. The number of benzene rings is 1. The van der Waals surface area contributed by atoms with Crippen molar-refractivity contribution in [3.8, 4) is 5.75 Å². The third kappa shape index (κ3) is 4.55. The molecule has 0 aliphatic carbocycles. The van der Waals surface area contributed by atoms with Crippen molar-refractivity contribution >= 4 is 23.2 Å². The van der Waals surface area contributed by atoms with E-state index in [0.29, 0.717) is 22.4 Å². The highest BCUT2D eigenvalue weighted by atomic mass is 35.5. The molecule has 0 spiro atoms. The summed E-state index contributed by atoms with van der Waals surface area (Å²) in [4.78, 5) is 2.51. The Morgan fingerprint density at radius 2 is 1.74 bits per heavy atom. The van der Waals surface area contributed by atoms with Crippen LogP contribution >= 0.6 is 23.2 Å². The van der Waals surface area contributed by atoms with Gasteiger partial charge in [0, 0.05) is 6.54 Å². The Hall–Kier alpha value is -0.440. The molecule has 106 valence electrons. The lowest BCUT2D eigenvalue weighted by molar-refractivity contribution is 0.205. The Kier molecular flexibility index (Phi) is 5.80. The molecular formula is C15H21Cl2NO. The van der Waals surface area contributed by atoms with Crippen LogP contribution in [0.4, 0.5) is 0 Å². The molecule has 1 aliphatic heterocycles. The second-order valence-electron chi connectivity index (χ2n) is 5.16. The van der Waals surface area contributed by atoms with E-state index in [4.69, 9.17) is 27.9 Å². The molecule has 0 radical (unpaired) electrons. The Labute approximate surface area is 125 Å². The monoisotopic (exact) mass is 301 g/mol. The summed E-state index contributed by atoms with van der Waals surface area (Å²) in [6, 6.07) is 3.76. The van der Waals surface area contributed by atoms with Crippen LogP contribution in [0.2, 0.25) is 10.0 Å². The molecule has 0 unspecified atom stereocenters. The minimum absolute atomic E-state index is 0.600. The van der Waals surface area contributed by atoms with Gasteiger partial charge in [0.1, 0.15) is 0 Å². The number of piperidine rings is 1. The van der Waals surface area contributed by atoms with E-state index in [0.717, 1.165) is 18.5 Å². The largest absolute Gasteiger partial charge is 0.490 e. The lowest BCUT2D eigenvalue weighted by Crippen LogP contribution is -2.31. The summed E-state index contributed by atoms with van der Waals surface area (Å²) in [6.45, 7) is 6.19. The molecule has 1 aromatic rings.